The topological polar surface area (TPSA) is 77.8 Å². The molecule has 0 aromatic carbocycles. The first-order valence-electron chi connectivity index (χ1n) is 4.10. The molecule has 74 valence electrons. The summed E-state index contributed by atoms with van der Waals surface area (Å²) in [4.78, 5) is 13.6. The van der Waals surface area contributed by atoms with Crippen LogP contribution in [0.1, 0.15) is 0 Å². The largest absolute Gasteiger partial charge is 0.475 e. The van der Waals surface area contributed by atoms with Gasteiger partial charge in [0.2, 0.25) is 5.88 Å². The van der Waals surface area contributed by atoms with E-state index in [1.807, 2.05) is 0 Å². The molecule has 2 rings (SSSR count). The lowest BCUT2D eigenvalue weighted by atomic mass is 10.4. The first kappa shape index (κ1) is 8.89. The standard InChI is InChI=1S/C8H8N2O4/c11-10(12)6-1-2-8(9-3-6)14-5-7-4-13-7/h1-3,7H,4-5H2/t7-/m1/s1. The van der Waals surface area contributed by atoms with Crippen LogP contribution < -0.4 is 4.74 Å². The number of pyridine rings is 1. The van der Waals surface area contributed by atoms with Crippen LogP contribution in [0.25, 0.3) is 0 Å². The summed E-state index contributed by atoms with van der Waals surface area (Å²) < 4.78 is 10.1. The summed E-state index contributed by atoms with van der Waals surface area (Å²) in [5.74, 6) is 0.381. The van der Waals surface area contributed by atoms with Gasteiger partial charge in [-0.25, -0.2) is 4.98 Å². The number of aromatic nitrogens is 1. The van der Waals surface area contributed by atoms with E-state index in [1.54, 1.807) is 0 Å². The minimum atomic E-state index is -0.499. The molecule has 1 saturated heterocycles. The van der Waals surface area contributed by atoms with E-state index in [4.69, 9.17) is 9.47 Å². The molecule has 1 aromatic heterocycles. The van der Waals surface area contributed by atoms with E-state index in [9.17, 15) is 10.1 Å². The molecule has 0 saturated carbocycles. The fourth-order valence-corrected chi connectivity index (χ4v) is 0.908. The maximum atomic E-state index is 10.3. The molecule has 0 amide bonds. The number of ether oxygens (including phenoxy) is 2. The Morgan fingerprint density at radius 3 is 3.00 bits per heavy atom. The second kappa shape index (κ2) is 3.59. The molecular weight excluding hydrogens is 188 g/mol. The normalized spacial score (nSPS) is 19.0. The summed E-state index contributed by atoms with van der Waals surface area (Å²) in [6, 6.07) is 2.83. The summed E-state index contributed by atoms with van der Waals surface area (Å²) in [5.41, 5.74) is -0.0416. The van der Waals surface area contributed by atoms with Crippen LogP contribution in [0.15, 0.2) is 18.3 Å². The summed E-state index contributed by atoms with van der Waals surface area (Å²) >= 11 is 0. The quantitative estimate of drug-likeness (QED) is 0.403. The summed E-state index contributed by atoms with van der Waals surface area (Å²) in [7, 11) is 0. The minimum absolute atomic E-state index is 0.0416. The third-order valence-electron chi connectivity index (χ3n) is 1.75. The van der Waals surface area contributed by atoms with Gasteiger partial charge in [0.25, 0.3) is 5.69 Å². The zero-order valence-corrected chi connectivity index (χ0v) is 7.25. The number of hydrogen-bond acceptors (Lipinski definition) is 5. The molecule has 1 aromatic rings. The Balaban J connectivity index is 1.94. The Kier molecular flexibility index (Phi) is 2.28. The van der Waals surface area contributed by atoms with Crippen LogP contribution in [0.5, 0.6) is 5.88 Å². The number of nitro groups is 1. The molecule has 0 spiro atoms. The Hall–Kier alpha value is -1.69. The van der Waals surface area contributed by atoms with E-state index in [-0.39, 0.29) is 11.8 Å². The number of rotatable bonds is 4. The second-order valence-electron chi connectivity index (χ2n) is 2.88. The molecule has 0 unspecified atom stereocenters. The number of nitrogens with zero attached hydrogens (tertiary/aromatic N) is 2. The maximum Gasteiger partial charge on any atom is 0.287 e. The third-order valence-corrected chi connectivity index (χ3v) is 1.75. The van der Waals surface area contributed by atoms with E-state index in [2.05, 4.69) is 4.98 Å². The van der Waals surface area contributed by atoms with Gasteiger partial charge in [0.05, 0.1) is 11.5 Å². The van der Waals surface area contributed by atoms with Gasteiger partial charge < -0.3 is 9.47 Å². The molecule has 1 fully saturated rings. The predicted octanol–water partition coefficient (Wildman–Crippen LogP) is 0.767. The van der Waals surface area contributed by atoms with Crippen molar-refractivity contribution in [3.8, 4) is 5.88 Å². The molecule has 2 heterocycles. The Labute approximate surface area is 79.6 Å². The lowest BCUT2D eigenvalue weighted by Gasteiger charge is -2.01. The van der Waals surface area contributed by atoms with Crippen LogP contribution in [0.4, 0.5) is 5.69 Å². The first-order chi connectivity index (χ1) is 6.75. The molecule has 6 nitrogen and oxygen atoms in total. The van der Waals surface area contributed by atoms with E-state index in [1.165, 1.54) is 18.3 Å². The maximum absolute atomic E-state index is 10.3. The van der Waals surface area contributed by atoms with Crippen molar-refractivity contribution in [1.82, 2.24) is 4.98 Å². The van der Waals surface area contributed by atoms with Gasteiger partial charge in [0.15, 0.2) is 0 Å². The van der Waals surface area contributed by atoms with Crippen LogP contribution in [-0.4, -0.2) is 29.2 Å². The fourth-order valence-electron chi connectivity index (χ4n) is 0.908. The monoisotopic (exact) mass is 196 g/mol. The van der Waals surface area contributed by atoms with E-state index in [0.717, 1.165) is 0 Å². The van der Waals surface area contributed by atoms with Crippen LogP contribution >= 0.6 is 0 Å². The van der Waals surface area contributed by atoms with Gasteiger partial charge in [0.1, 0.15) is 18.9 Å². The van der Waals surface area contributed by atoms with Crippen molar-refractivity contribution >= 4 is 5.69 Å². The molecule has 0 bridgehead atoms. The zero-order valence-electron chi connectivity index (χ0n) is 7.25. The predicted molar refractivity (Wildman–Crippen MR) is 46.1 cm³/mol. The fraction of sp³-hybridized carbons (Fsp3) is 0.375. The molecule has 1 aliphatic heterocycles. The molecule has 0 aliphatic carbocycles. The van der Waals surface area contributed by atoms with Gasteiger partial charge in [-0.1, -0.05) is 0 Å². The highest BCUT2D eigenvalue weighted by Crippen LogP contribution is 2.15. The summed E-state index contributed by atoms with van der Waals surface area (Å²) in [6.45, 7) is 1.16. The second-order valence-corrected chi connectivity index (χ2v) is 2.88. The summed E-state index contributed by atoms with van der Waals surface area (Å²) in [6.07, 6.45) is 1.33. The average molecular weight is 196 g/mol. The van der Waals surface area contributed by atoms with Crippen LogP contribution in [0.2, 0.25) is 0 Å². The highest BCUT2D eigenvalue weighted by Gasteiger charge is 2.23. The number of hydrogen-bond donors (Lipinski definition) is 0. The van der Waals surface area contributed by atoms with Crippen molar-refractivity contribution in [3.63, 3.8) is 0 Å². The van der Waals surface area contributed by atoms with Crippen molar-refractivity contribution < 1.29 is 14.4 Å². The number of epoxide rings is 1. The van der Waals surface area contributed by atoms with Gasteiger partial charge in [-0.2, -0.15) is 0 Å². The molecule has 1 atom stereocenters. The van der Waals surface area contributed by atoms with Crippen molar-refractivity contribution in [2.45, 2.75) is 6.10 Å². The smallest absolute Gasteiger partial charge is 0.287 e. The lowest BCUT2D eigenvalue weighted by molar-refractivity contribution is -0.385. The molecule has 1 aliphatic rings. The van der Waals surface area contributed by atoms with E-state index < -0.39 is 4.92 Å². The van der Waals surface area contributed by atoms with E-state index >= 15 is 0 Å². The molecule has 0 N–H and O–H groups in total. The highest BCUT2D eigenvalue weighted by molar-refractivity contribution is 5.28. The Bertz CT molecular complexity index is 334. The molecule has 0 radical (unpaired) electrons. The van der Waals surface area contributed by atoms with Crippen LogP contribution in [-0.2, 0) is 4.74 Å². The van der Waals surface area contributed by atoms with Gasteiger partial charge in [-0.15, -0.1) is 0 Å². The first-order valence-corrected chi connectivity index (χ1v) is 4.10. The van der Waals surface area contributed by atoms with Gasteiger partial charge in [-0.3, -0.25) is 10.1 Å². The van der Waals surface area contributed by atoms with Crippen molar-refractivity contribution in [3.05, 3.63) is 28.4 Å². The summed E-state index contributed by atoms with van der Waals surface area (Å²) in [5, 5.41) is 10.3. The highest BCUT2D eigenvalue weighted by atomic mass is 16.6. The van der Waals surface area contributed by atoms with Crippen LogP contribution in [0.3, 0.4) is 0 Å². The minimum Gasteiger partial charge on any atom is -0.475 e. The van der Waals surface area contributed by atoms with Crippen molar-refractivity contribution in [1.29, 1.82) is 0 Å². The average Bonchev–Trinajstić information content (AvgIpc) is 2.99. The molecular formula is C8H8N2O4. The lowest BCUT2D eigenvalue weighted by Crippen LogP contribution is -2.05. The SMILES string of the molecule is O=[N+]([O-])c1ccc(OC[C@H]2CO2)nc1. The van der Waals surface area contributed by atoms with Gasteiger partial charge >= 0.3 is 0 Å². The Morgan fingerprint density at radius 1 is 1.71 bits per heavy atom. The molecule has 6 heteroatoms. The zero-order chi connectivity index (χ0) is 9.97. The van der Waals surface area contributed by atoms with Crippen molar-refractivity contribution in [2.24, 2.45) is 0 Å². The third kappa shape index (κ3) is 2.17. The molecule has 14 heavy (non-hydrogen) atoms. The van der Waals surface area contributed by atoms with Gasteiger partial charge in [0, 0.05) is 12.1 Å². The van der Waals surface area contributed by atoms with Crippen LogP contribution in [0, 0.1) is 10.1 Å². The van der Waals surface area contributed by atoms with Crippen molar-refractivity contribution in [2.75, 3.05) is 13.2 Å². The van der Waals surface area contributed by atoms with E-state index in [0.29, 0.717) is 19.1 Å². The van der Waals surface area contributed by atoms with Gasteiger partial charge in [-0.05, 0) is 0 Å². The Morgan fingerprint density at radius 2 is 2.50 bits per heavy atom.